The Bertz CT molecular complexity index is 1800. The van der Waals surface area contributed by atoms with Crippen LogP contribution in [0, 0.1) is 5.82 Å². The summed E-state index contributed by atoms with van der Waals surface area (Å²) in [6.45, 7) is 0. The van der Waals surface area contributed by atoms with Crippen LogP contribution in [-0.4, -0.2) is 30.2 Å². The molecule has 2 amide bonds. The summed E-state index contributed by atoms with van der Waals surface area (Å²) >= 11 is 0. The van der Waals surface area contributed by atoms with Gasteiger partial charge in [-0.1, -0.05) is 12.1 Å². The van der Waals surface area contributed by atoms with Gasteiger partial charge in [0.15, 0.2) is 11.5 Å². The molecule has 1 aromatic heterocycles. The van der Waals surface area contributed by atoms with E-state index in [1.807, 2.05) is 0 Å². The molecule has 15 heteroatoms. The van der Waals surface area contributed by atoms with E-state index >= 15 is 4.39 Å². The number of aromatic nitrogens is 1. The lowest BCUT2D eigenvalue weighted by Gasteiger charge is -2.17. The number of nitrogens with zero attached hydrogens (tertiary/aromatic N) is 1. The molecular weight excluding hydrogens is 591 g/mol. The van der Waals surface area contributed by atoms with Gasteiger partial charge in [-0.2, -0.15) is 13.2 Å². The van der Waals surface area contributed by atoms with Crippen molar-refractivity contribution in [3.63, 3.8) is 0 Å². The van der Waals surface area contributed by atoms with Crippen LogP contribution >= 0.6 is 0 Å². The highest BCUT2D eigenvalue weighted by molar-refractivity contribution is 6.07. The van der Waals surface area contributed by atoms with E-state index < -0.39 is 71.3 Å². The average molecular weight is 612 g/mol. The second kappa shape index (κ2) is 11.9. The summed E-state index contributed by atoms with van der Waals surface area (Å²) in [5.41, 5.74) is 2.41. The van der Waals surface area contributed by atoms with Gasteiger partial charge in [-0.05, 0) is 59.7 Å². The molecule has 8 nitrogen and oxygen atoms in total. The maximum Gasteiger partial charge on any atom is 0.573 e. The van der Waals surface area contributed by atoms with Crippen LogP contribution in [0.25, 0.3) is 11.1 Å². The average Bonchev–Trinajstić information content (AvgIpc) is 2.92. The van der Waals surface area contributed by atoms with Gasteiger partial charge in [-0.25, -0.2) is 4.39 Å². The van der Waals surface area contributed by atoms with Crippen molar-refractivity contribution in [1.82, 2.24) is 4.98 Å². The van der Waals surface area contributed by atoms with Gasteiger partial charge in [-0.15, -0.1) is 13.2 Å². The lowest BCUT2D eigenvalue weighted by atomic mass is 10.00. The molecule has 1 heterocycles. The molecule has 0 unspecified atom stereocenters. The molecule has 0 radical (unpaired) electrons. The van der Waals surface area contributed by atoms with Gasteiger partial charge in [0.05, 0.1) is 16.7 Å². The first-order valence-electron chi connectivity index (χ1n) is 13.1. The molecule has 0 aliphatic heterocycles. The number of amides is 2. The first kappa shape index (κ1) is 26.6. The van der Waals surface area contributed by atoms with Crippen LogP contribution < -0.4 is 25.3 Å². The zero-order valence-electron chi connectivity index (χ0n) is 24.1. The number of rotatable bonds is 8. The summed E-state index contributed by atoms with van der Waals surface area (Å²) in [7, 11) is -3.25. The predicted molar refractivity (Wildman–Crippen MR) is 137 cm³/mol. The fourth-order valence-corrected chi connectivity index (χ4v) is 3.73. The van der Waals surface area contributed by atoms with Crippen LogP contribution in [0.3, 0.4) is 0 Å². The van der Waals surface area contributed by atoms with Gasteiger partial charge < -0.3 is 25.3 Å². The fraction of sp³-hybridized carbons (Fsp3) is 0.107. The third kappa shape index (κ3) is 7.49. The molecule has 3 aromatic carbocycles. The molecule has 3 N–H and O–H groups in total. The molecule has 4 rings (SSSR count). The number of hydrogen-bond acceptors (Lipinski definition) is 6. The van der Waals surface area contributed by atoms with Crippen molar-refractivity contribution in [2.24, 2.45) is 5.73 Å². The van der Waals surface area contributed by atoms with E-state index in [0.29, 0.717) is 18.2 Å². The van der Waals surface area contributed by atoms with Crippen molar-refractivity contribution < 1.29 is 58.6 Å². The Balaban J connectivity index is 1.86. The highest BCUT2D eigenvalue weighted by Crippen LogP contribution is 2.40. The van der Waals surface area contributed by atoms with Crippen LogP contribution in [-0.2, 0) is 6.18 Å². The number of benzene rings is 3. The maximum atomic E-state index is 15.7. The summed E-state index contributed by atoms with van der Waals surface area (Å²) in [4.78, 5) is 28.5. The van der Waals surface area contributed by atoms with E-state index in [1.54, 1.807) is 0 Å². The number of nitrogens with two attached hydrogens (primary N) is 1. The lowest BCUT2D eigenvalue weighted by Crippen LogP contribution is -2.17. The number of methoxy groups -OCH3 is 1. The topological polar surface area (TPSA) is 113 Å². The molecule has 0 spiro atoms. The summed E-state index contributed by atoms with van der Waals surface area (Å²) < 4.78 is 130. The van der Waals surface area contributed by atoms with Gasteiger partial charge >= 0.3 is 12.5 Å². The number of carbonyl (C=O) groups excluding carboxylic acids is 2. The van der Waals surface area contributed by atoms with Crippen molar-refractivity contribution in [2.45, 2.75) is 12.5 Å². The van der Waals surface area contributed by atoms with Crippen molar-refractivity contribution in [2.75, 3.05) is 12.4 Å². The number of primary amides is 1. The SMILES string of the molecule is [2H]C([2H])([2H])Oc1cc(OC(F)(F)F)ccc1Oc1cc(-c2cccc(C(F)(F)F)c2)cc(F)c1C(=O)Nc1ccnc(C(N)=O)c1. The number of halogens is 7. The Morgan fingerprint density at radius 3 is 2.35 bits per heavy atom. The molecule has 43 heavy (non-hydrogen) atoms. The zero-order chi connectivity index (χ0) is 34.0. The highest BCUT2D eigenvalue weighted by atomic mass is 19.4. The zero-order valence-corrected chi connectivity index (χ0v) is 21.1. The van der Waals surface area contributed by atoms with Crippen LogP contribution in [0.15, 0.2) is 72.9 Å². The maximum absolute atomic E-state index is 15.7. The van der Waals surface area contributed by atoms with Gasteiger partial charge in [0.2, 0.25) is 0 Å². The normalized spacial score (nSPS) is 12.9. The second-order valence-corrected chi connectivity index (χ2v) is 8.52. The molecule has 0 aliphatic rings. The second-order valence-electron chi connectivity index (χ2n) is 8.52. The third-order valence-electron chi connectivity index (χ3n) is 5.55. The van der Waals surface area contributed by atoms with Crippen molar-refractivity contribution in [3.05, 3.63) is 95.6 Å². The Labute approximate surface area is 242 Å². The standard InChI is InChI=1S/C28H18F7N3O5/c1-41-22-13-18(43-28(33,34)35)5-6-21(22)42-23-11-15(14-3-2-4-16(9-14)27(30,31)32)10-19(29)24(23)26(40)38-17-7-8-37-20(12-17)25(36)39/h2-13H,1H3,(H2,36,39)(H,37,38,40)/i1D3. The van der Waals surface area contributed by atoms with Crippen LogP contribution in [0.4, 0.5) is 36.4 Å². The monoisotopic (exact) mass is 612 g/mol. The first-order chi connectivity index (χ1) is 21.3. The smallest absolute Gasteiger partial charge is 0.493 e. The van der Waals surface area contributed by atoms with E-state index in [1.165, 1.54) is 12.1 Å². The Kier molecular flexibility index (Phi) is 7.33. The van der Waals surface area contributed by atoms with E-state index in [2.05, 4.69) is 15.0 Å². The van der Waals surface area contributed by atoms with Crippen LogP contribution in [0.2, 0.25) is 0 Å². The number of alkyl halides is 6. The van der Waals surface area contributed by atoms with Crippen molar-refractivity contribution >= 4 is 17.5 Å². The largest absolute Gasteiger partial charge is 0.573 e. The Morgan fingerprint density at radius 1 is 0.907 bits per heavy atom. The quantitative estimate of drug-likeness (QED) is 0.208. The molecule has 4 aromatic rings. The summed E-state index contributed by atoms with van der Waals surface area (Å²) in [5.74, 6) is -6.71. The first-order valence-corrected chi connectivity index (χ1v) is 11.6. The number of hydrogen-bond donors (Lipinski definition) is 2. The molecule has 0 fully saturated rings. The van der Waals surface area contributed by atoms with Crippen molar-refractivity contribution in [1.29, 1.82) is 0 Å². The number of ether oxygens (including phenoxy) is 3. The van der Waals surface area contributed by atoms with E-state index in [0.717, 1.165) is 42.6 Å². The van der Waals surface area contributed by atoms with E-state index in [9.17, 15) is 35.9 Å². The lowest BCUT2D eigenvalue weighted by molar-refractivity contribution is -0.274. The van der Waals surface area contributed by atoms with Gasteiger partial charge in [-0.3, -0.25) is 14.6 Å². The third-order valence-corrected chi connectivity index (χ3v) is 5.55. The van der Waals surface area contributed by atoms with Gasteiger partial charge in [0, 0.05) is 18.0 Å². The molecular formula is C28H18F7N3O5. The predicted octanol–water partition coefficient (Wildman–Crippen LogP) is 6.96. The minimum absolute atomic E-state index is 0.0961. The van der Waals surface area contributed by atoms with Crippen molar-refractivity contribution in [3.8, 4) is 34.1 Å². The number of anilines is 1. The molecule has 0 saturated heterocycles. The summed E-state index contributed by atoms with van der Waals surface area (Å²) in [6, 6.07) is 9.58. The Morgan fingerprint density at radius 2 is 1.67 bits per heavy atom. The van der Waals surface area contributed by atoms with Crippen LogP contribution in [0.5, 0.6) is 23.0 Å². The van der Waals surface area contributed by atoms with E-state index in [4.69, 9.17) is 19.3 Å². The minimum atomic E-state index is -5.19. The van der Waals surface area contributed by atoms with E-state index in [-0.39, 0.29) is 22.5 Å². The molecule has 0 bridgehead atoms. The number of pyridine rings is 1. The van der Waals surface area contributed by atoms with Gasteiger partial charge in [0.25, 0.3) is 11.8 Å². The number of nitrogens with one attached hydrogen (secondary N) is 1. The molecule has 0 aliphatic carbocycles. The molecule has 0 saturated carbocycles. The summed E-state index contributed by atoms with van der Waals surface area (Å²) in [5, 5.41) is 2.27. The fourth-order valence-electron chi connectivity index (χ4n) is 3.73. The van der Waals surface area contributed by atoms with Gasteiger partial charge in [0.1, 0.15) is 28.6 Å². The number of carbonyl (C=O) groups is 2. The molecule has 224 valence electrons. The highest BCUT2D eigenvalue weighted by Gasteiger charge is 2.32. The summed E-state index contributed by atoms with van der Waals surface area (Å²) in [6.07, 6.45) is -8.86. The Hall–Kier alpha value is -5.34. The van der Waals surface area contributed by atoms with Crippen LogP contribution in [0.1, 0.15) is 30.5 Å². The minimum Gasteiger partial charge on any atom is -0.493 e. The molecule has 0 atom stereocenters.